The minimum absolute atomic E-state index is 0.117. The van der Waals surface area contributed by atoms with Crippen LogP contribution in [0.5, 0.6) is 0 Å². The summed E-state index contributed by atoms with van der Waals surface area (Å²) >= 11 is 6.52. The monoisotopic (exact) mass is 572 g/mol. The van der Waals surface area contributed by atoms with Crippen LogP contribution in [-0.2, 0) is 23.9 Å². The zero-order valence-electron chi connectivity index (χ0n) is 23.4. The number of ether oxygens (including phenoxy) is 2. The van der Waals surface area contributed by atoms with Gasteiger partial charge < -0.3 is 24.4 Å². The number of carbonyl (C=O) groups is 3. The first-order valence-electron chi connectivity index (χ1n) is 14.3. The van der Waals surface area contributed by atoms with Crippen molar-refractivity contribution < 1.29 is 29.0 Å². The van der Waals surface area contributed by atoms with Gasteiger partial charge in [0.15, 0.2) is 0 Å². The van der Waals surface area contributed by atoms with Gasteiger partial charge in [0, 0.05) is 19.7 Å². The lowest BCUT2D eigenvalue weighted by Crippen LogP contribution is -2.56. The Kier molecular flexibility index (Phi) is 9.75. The fraction of sp³-hybridized carbons (Fsp3) is 0.581. The fourth-order valence-corrected chi connectivity index (χ4v) is 7.03. The van der Waals surface area contributed by atoms with Crippen LogP contribution in [-0.4, -0.2) is 71.3 Å². The summed E-state index contributed by atoms with van der Waals surface area (Å²) in [6, 6.07) is 6.17. The van der Waals surface area contributed by atoms with E-state index in [1.165, 1.54) is 0 Å². The van der Waals surface area contributed by atoms with Gasteiger partial charge in [-0.15, -0.1) is 13.2 Å². The third-order valence-electron chi connectivity index (χ3n) is 8.59. The number of carbonyl (C=O) groups excluding carboxylic acids is 3. The average molecular weight is 573 g/mol. The molecular formula is C31H41ClN2O6. The highest BCUT2D eigenvalue weighted by Crippen LogP contribution is 2.63. The predicted molar refractivity (Wildman–Crippen MR) is 154 cm³/mol. The third kappa shape index (κ3) is 5.46. The smallest absolute Gasteiger partial charge is 0.312 e. The summed E-state index contributed by atoms with van der Waals surface area (Å²) in [6.07, 6.45) is 8.78. The lowest BCUT2D eigenvalue weighted by molar-refractivity contribution is -0.159. The molecule has 1 aromatic carbocycles. The molecule has 3 aliphatic rings. The highest BCUT2D eigenvalue weighted by atomic mass is 35.5. The molecule has 0 aliphatic carbocycles. The minimum Gasteiger partial charge on any atom is -0.465 e. The summed E-state index contributed by atoms with van der Waals surface area (Å²) in [5.41, 5.74) is -1.50. The molecule has 40 heavy (non-hydrogen) atoms. The van der Waals surface area contributed by atoms with Crippen molar-refractivity contribution in [3.63, 3.8) is 0 Å². The highest BCUT2D eigenvalue weighted by molar-refractivity contribution is 6.34. The normalized spacial score (nSPS) is 28.4. The van der Waals surface area contributed by atoms with E-state index in [1.807, 2.05) is 13.0 Å². The summed E-state index contributed by atoms with van der Waals surface area (Å²) in [6.45, 7) is 10.3. The van der Waals surface area contributed by atoms with Gasteiger partial charge in [-0.2, -0.15) is 0 Å². The van der Waals surface area contributed by atoms with Crippen molar-refractivity contribution in [2.75, 3.05) is 31.2 Å². The number of aliphatic hydroxyl groups is 1. The molecule has 0 aromatic heterocycles. The number of para-hydroxylation sites is 1. The third-order valence-corrected chi connectivity index (χ3v) is 8.91. The minimum atomic E-state index is -1.14. The molecular weight excluding hydrogens is 532 g/mol. The molecule has 2 unspecified atom stereocenters. The molecule has 3 aliphatic heterocycles. The van der Waals surface area contributed by atoms with Crippen LogP contribution in [0.2, 0.25) is 5.02 Å². The molecule has 8 nitrogen and oxygen atoms in total. The number of rotatable bonds is 15. The standard InChI is InChI=1S/C31H41ClN2O6/c1-4-6-13-21-39-29(38)25-24-27(36)34(19-11-7-8-12-20-35)26(31(24)17-16-30(25,3)40-31)28(37)33(18-5-2)23-15-10-9-14-22(23)32/h4-5,9-10,14-15,24-26,35H,1-2,6-8,11-13,16-21H2,3H3/t24-,25+,26?,30-,31?/m0/s1. The number of hydrogen-bond acceptors (Lipinski definition) is 6. The van der Waals surface area contributed by atoms with Crippen LogP contribution in [0.1, 0.15) is 58.3 Å². The van der Waals surface area contributed by atoms with E-state index in [4.69, 9.17) is 26.2 Å². The molecule has 5 atom stereocenters. The second kappa shape index (κ2) is 12.9. The first-order chi connectivity index (χ1) is 19.3. The molecule has 3 saturated heterocycles. The molecule has 3 fully saturated rings. The summed E-state index contributed by atoms with van der Waals surface area (Å²) in [4.78, 5) is 45.4. The van der Waals surface area contributed by atoms with Crippen LogP contribution in [0, 0.1) is 11.8 Å². The molecule has 1 aromatic rings. The number of anilines is 1. The van der Waals surface area contributed by atoms with Gasteiger partial charge >= 0.3 is 5.97 Å². The Morgan fingerprint density at radius 1 is 1.18 bits per heavy atom. The molecule has 2 bridgehead atoms. The van der Waals surface area contributed by atoms with Crippen LogP contribution >= 0.6 is 11.6 Å². The van der Waals surface area contributed by atoms with E-state index in [0.717, 1.165) is 19.3 Å². The number of nitrogens with zero attached hydrogens (tertiary/aromatic N) is 2. The number of esters is 1. The van der Waals surface area contributed by atoms with Crippen molar-refractivity contribution in [2.24, 2.45) is 11.8 Å². The number of allylic oxidation sites excluding steroid dienone is 1. The van der Waals surface area contributed by atoms with E-state index >= 15 is 0 Å². The number of benzene rings is 1. The Morgan fingerprint density at radius 2 is 1.93 bits per heavy atom. The molecule has 3 heterocycles. The SMILES string of the molecule is C=CCCCOC(=O)[C@H]1[C@H]2C(=O)N(CCCCCCO)C(C(=O)N(CC=C)c3ccccc3Cl)C23CC[C@]1(C)O3. The highest BCUT2D eigenvalue weighted by Gasteiger charge is 2.78. The number of amides is 2. The molecule has 0 saturated carbocycles. The fourth-order valence-electron chi connectivity index (χ4n) is 6.80. The van der Waals surface area contributed by atoms with Gasteiger partial charge in [0.2, 0.25) is 5.91 Å². The van der Waals surface area contributed by atoms with E-state index in [0.29, 0.717) is 49.4 Å². The van der Waals surface area contributed by atoms with Gasteiger partial charge in [0.1, 0.15) is 17.6 Å². The number of aliphatic hydroxyl groups excluding tert-OH is 1. The number of likely N-dealkylation sites (tertiary alicyclic amines) is 1. The Labute approximate surface area is 241 Å². The van der Waals surface area contributed by atoms with Crippen LogP contribution in [0.3, 0.4) is 0 Å². The van der Waals surface area contributed by atoms with Crippen molar-refractivity contribution in [2.45, 2.75) is 75.5 Å². The van der Waals surface area contributed by atoms with Gasteiger partial charge in [0.25, 0.3) is 5.91 Å². The van der Waals surface area contributed by atoms with Crippen LogP contribution in [0.15, 0.2) is 49.6 Å². The van der Waals surface area contributed by atoms with Crippen molar-refractivity contribution in [1.82, 2.24) is 4.90 Å². The predicted octanol–water partition coefficient (Wildman–Crippen LogP) is 4.69. The summed E-state index contributed by atoms with van der Waals surface area (Å²) in [5.74, 6) is -2.59. The maximum absolute atomic E-state index is 14.5. The molecule has 9 heteroatoms. The van der Waals surface area contributed by atoms with E-state index < -0.39 is 35.0 Å². The lowest BCUT2D eigenvalue weighted by Gasteiger charge is -2.37. The Bertz CT molecular complexity index is 1130. The Morgan fingerprint density at radius 3 is 2.62 bits per heavy atom. The summed E-state index contributed by atoms with van der Waals surface area (Å²) in [5, 5.41) is 9.57. The molecule has 4 rings (SSSR count). The number of hydrogen-bond donors (Lipinski definition) is 1. The summed E-state index contributed by atoms with van der Waals surface area (Å²) < 4.78 is 12.3. The van der Waals surface area contributed by atoms with Gasteiger partial charge in [0.05, 0.1) is 28.8 Å². The molecule has 218 valence electrons. The van der Waals surface area contributed by atoms with Crippen LogP contribution in [0.4, 0.5) is 5.69 Å². The van der Waals surface area contributed by atoms with Gasteiger partial charge in [-0.3, -0.25) is 14.4 Å². The summed E-state index contributed by atoms with van der Waals surface area (Å²) in [7, 11) is 0. The zero-order valence-corrected chi connectivity index (χ0v) is 24.1. The number of fused-ring (bicyclic) bond motifs is 1. The lowest BCUT2D eigenvalue weighted by atomic mass is 9.66. The molecule has 0 radical (unpaired) electrons. The van der Waals surface area contributed by atoms with Gasteiger partial charge in [-0.25, -0.2) is 0 Å². The first-order valence-corrected chi connectivity index (χ1v) is 14.7. The van der Waals surface area contributed by atoms with E-state index in [1.54, 1.807) is 40.2 Å². The van der Waals surface area contributed by atoms with Gasteiger partial charge in [-0.05, 0) is 57.6 Å². The maximum atomic E-state index is 14.5. The van der Waals surface area contributed by atoms with E-state index in [2.05, 4.69) is 13.2 Å². The number of unbranched alkanes of at least 4 members (excludes halogenated alkanes) is 4. The van der Waals surface area contributed by atoms with Crippen LogP contribution < -0.4 is 4.90 Å². The largest absolute Gasteiger partial charge is 0.465 e. The van der Waals surface area contributed by atoms with Gasteiger partial charge in [-0.1, -0.05) is 48.7 Å². The quantitative estimate of drug-likeness (QED) is 0.186. The van der Waals surface area contributed by atoms with Crippen molar-refractivity contribution >= 4 is 35.1 Å². The molecule has 1 spiro atoms. The molecule has 1 N–H and O–H groups in total. The van der Waals surface area contributed by atoms with Crippen LogP contribution in [0.25, 0.3) is 0 Å². The van der Waals surface area contributed by atoms with Crippen molar-refractivity contribution in [3.8, 4) is 0 Å². The number of halogens is 1. The topological polar surface area (TPSA) is 96.4 Å². The Hall–Kier alpha value is -2.68. The second-order valence-corrected chi connectivity index (χ2v) is 11.6. The second-order valence-electron chi connectivity index (χ2n) is 11.2. The maximum Gasteiger partial charge on any atom is 0.312 e. The average Bonchev–Trinajstić information content (AvgIpc) is 3.50. The van der Waals surface area contributed by atoms with E-state index in [-0.39, 0.29) is 31.6 Å². The van der Waals surface area contributed by atoms with Crippen molar-refractivity contribution in [3.05, 3.63) is 54.6 Å². The zero-order chi connectivity index (χ0) is 28.9. The Balaban J connectivity index is 1.70. The first kappa shape index (κ1) is 30.3. The van der Waals surface area contributed by atoms with E-state index in [9.17, 15) is 14.4 Å². The molecule has 2 amide bonds. The van der Waals surface area contributed by atoms with Crippen molar-refractivity contribution in [1.29, 1.82) is 0 Å².